The predicted octanol–water partition coefficient (Wildman–Crippen LogP) is 0.196. The first-order chi connectivity index (χ1) is 9.94. The molecule has 0 unspecified atom stereocenters. The van der Waals surface area contributed by atoms with Crippen LogP contribution in [0.15, 0.2) is 31.0 Å². The molecular weight excluding hydrogens is 294 g/mol. The van der Waals surface area contributed by atoms with Gasteiger partial charge < -0.3 is 0 Å². The molecule has 0 spiro atoms. The van der Waals surface area contributed by atoms with Crippen LogP contribution in [0.25, 0.3) is 11.3 Å². The normalized spacial score (nSPS) is 11.3. The first kappa shape index (κ1) is 15.1. The Balaban J connectivity index is 1.85. The Morgan fingerprint density at radius 1 is 1.33 bits per heavy atom. The van der Waals surface area contributed by atoms with Crippen molar-refractivity contribution in [2.24, 2.45) is 0 Å². The van der Waals surface area contributed by atoms with Crippen molar-refractivity contribution in [3.05, 3.63) is 31.0 Å². The van der Waals surface area contributed by atoms with Gasteiger partial charge in [-0.3, -0.25) is 24.2 Å². The van der Waals surface area contributed by atoms with Crippen molar-refractivity contribution in [3.8, 4) is 11.3 Å². The monoisotopic (exact) mass is 309 g/mol. The fourth-order valence-corrected chi connectivity index (χ4v) is 2.24. The van der Waals surface area contributed by atoms with Crippen molar-refractivity contribution in [2.45, 2.75) is 19.4 Å². The van der Waals surface area contributed by atoms with Gasteiger partial charge in [0.05, 0.1) is 24.3 Å². The number of nitrogens with one attached hydrogen (secondary N) is 1. The average molecular weight is 309 g/mol. The van der Waals surface area contributed by atoms with E-state index >= 15 is 0 Å². The number of aryl methyl sites for hydroxylation is 1. The molecule has 0 fully saturated rings. The molecular formula is C12H15N5O3S. The molecule has 0 aliphatic carbocycles. The highest BCUT2D eigenvalue weighted by molar-refractivity contribution is 7.89. The van der Waals surface area contributed by atoms with Crippen LogP contribution in [0.1, 0.15) is 12.8 Å². The summed E-state index contributed by atoms with van der Waals surface area (Å²) in [5.74, 6) is -0.515. The molecule has 0 saturated heterocycles. The molecule has 0 bridgehead atoms. The van der Waals surface area contributed by atoms with Gasteiger partial charge in [-0.15, -0.1) is 0 Å². The summed E-state index contributed by atoms with van der Waals surface area (Å²) in [6, 6.07) is 0. The molecule has 0 saturated carbocycles. The first-order valence-corrected chi connectivity index (χ1v) is 8.12. The summed E-state index contributed by atoms with van der Waals surface area (Å²) in [6.07, 6.45) is 9.86. The minimum Gasteiger partial charge on any atom is -0.274 e. The third-order valence-corrected chi connectivity index (χ3v) is 3.18. The molecule has 8 nitrogen and oxygen atoms in total. The third-order valence-electron chi connectivity index (χ3n) is 2.58. The largest absolute Gasteiger partial charge is 0.274 e. The Hall–Kier alpha value is -2.29. The van der Waals surface area contributed by atoms with E-state index in [0.29, 0.717) is 13.0 Å². The van der Waals surface area contributed by atoms with Crippen LogP contribution in [0, 0.1) is 0 Å². The van der Waals surface area contributed by atoms with E-state index in [4.69, 9.17) is 0 Å². The number of sulfonamides is 1. The molecule has 0 atom stereocenters. The van der Waals surface area contributed by atoms with Crippen LogP contribution >= 0.6 is 0 Å². The zero-order valence-electron chi connectivity index (χ0n) is 11.4. The summed E-state index contributed by atoms with van der Waals surface area (Å²) in [7, 11) is -3.49. The van der Waals surface area contributed by atoms with Gasteiger partial charge in [0.2, 0.25) is 15.9 Å². The molecule has 2 rings (SSSR count). The number of aromatic nitrogens is 4. The molecule has 2 aromatic rings. The highest BCUT2D eigenvalue weighted by Gasteiger charge is 2.08. The molecule has 2 aromatic heterocycles. The Morgan fingerprint density at radius 3 is 2.81 bits per heavy atom. The Morgan fingerprint density at radius 2 is 2.14 bits per heavy atom. The fourth-order valence-electron chi connectivity index (χ4n) is 1.73. The van der Waals surface area contributed by atoms with E-state index in [-0.39, 0.29) is 6.42 Å². The number of carbonyl (C=O) groups is 1. The number of rotatable bonds is 6. The van der Waals surface area contributed by atoms with E-state index in [2.05, 4.69) is 15.1 Å². The van der Waals surface area contributed by atoms with Crippen LogP contribution in [0.3, 0.4) is 0 Å². The SMILES string of the molecule is CS(=O)(=O)NC(=O)CCCn1cc(-c2cnccn2)cn1. The van der Waals surface area contributed by atoms with Gasteiger partial charge >= 0.3 is 0 Å². The second-order valence-electron chi connectivity index (χ2n) is 4.48. The van der Waals surface area contributed by atoms with E-state index < -0.39 is 15.9 Å². The fraction of sp³-hybridized carbons (Fsp3) is 0.333. The molecule has 0 radical (unpaired) electrons. The summed E-state index contributed by atoms with van der Waals surface area (Å²) in [5, 5.41) is 4.16. The Labute approximate surface area is 122 Å². The van der Waals surface area contributed by atoms with Gasteiger partial charge in [-0.1, -0.05) is 0 Å². The molecule has 21 heavy (non-hydrogen) atoms. The van der Waals surface area contributed by atoms with E-state index in [1.807, 2.05) is 4.72 Å². The molecule has 1 N–H and O–H groups in total. The van der Waals surface area contributed by atoms with Crippen molar-refractivity contribution in [1.29, 1.82) is 0 Å². The third kappa shape index (κ3) is 4.95. The molecule has 0 aromatic carbocycles. The molecule has 0 aliphatic heterocycles. The van der Waals surface area contributed by atoms with Crippen molar-refractivity contribution < 1.29 is 13.2 Å². The molecule has 2 heterocycles. The molecule has 112 valence electrons. The summed E-state index contributed by atoms with van der Waals surface area (Å²) in [5.41, 5.74) is 1.56. The predicted molar refractivity (Wildman–Crippen MR) is 75.5 cm³/mol. The van der Waals surface area contributed by atoms with Gasteiger partial charge in [-0.05, 0) is 6.42 Å². The smallest absolute Gasteiger partial charge is 0.233 e. The highest BCUT2D eigenvalue weighted by atomic mass is 32.2. The van der Waals surface area contributed by atoms with Crippen molar-refractivity contribution in [3.63, 3.8) is 0 Å². The van der Waals surface area contributed by atoms with Crippen LogP contribution in [0.4, 0.5) is 0 Å². The zero-order chi connectivity index (χ0) is 15.3. The quantitative estimate of drug-likeness (QED) is 0.816. The molecule has 9 heteroatoms. The van der Waals surface area contributed by atoms with E-state index in [0.717, 1.165) is 17.5 Å². The van der Waals surface area contributed by atoms with Crippen LogP contribution in [-0.4, -0.2) is 40.3 Å². The van der Waals surface area contributed by atoms with Crippen molar-refractivity contribution in [2.75, 3.05) is 6.26 Å². The maximum Gasteiger partial charge on any atom is 0.233 e. The van der Waals surface area contributed by atoms with Gasteiger partial charge in [0.15, 0.2) is 0 Å². The lowest BCUT2D eigenvalue weighted by Crippen LogP contribution is -2.29. The van der Waals surface area contributed by atoms with Gasteiger partial charge in [0.1, 0.15) is 0 Å². The lowest BCUT2D eigenvalue weighted by molar-refractivity contribution is -0.119. The van der Waals surface area contributed by atoms with Crippen LogP contribution in [-0.2, 0) is 21.4 Å². The second kappa shape index (κ2) is 6.44. The topological polar surface area (TPSA) is 107 Å². The van der Waals surface area contributed by atoms with Crippen LogP contribution in [0.5, 0.6) is 0 Å². The van der Waals surface area contributed by atoms with Crippen molar-refractivity contribution >= 4 is 15.9 Å². The van der Waals surface area contributed by atoms with E-state index in [9.17, 15) is 13.2 Å². The van der Waals surface area contributed by atoms with Crippen LogP contribution < -0.4 is 4.72 Å². The second-order valence-corrected chi connectivity index (χ2v) is 6.23. The summed E-state index contributed by atoms with van der Waals surface area (Å²) in [6.45, 7) is 0.511. The first-order valence-electron chi connectivity index (χ1n) is 6.23. The van der Waals surface area contributed by atoms with Gasteiger partial charge in [-0.25, -0.2) is 8.42 Å². The maximum absolute atomic E-state index is 11.3. The Kier molecular flexibility index (Phi) is 4.63. The Bertz CT molecular complexity index is 712. The molecule has 1 amide bonds. The summed E-state index contributed by atoms with van der Waals surface area (Å²) in [4.78, 5) is 19.5. The maximum atomic E-state index is 11.3. The summed E-state index contributed by atoms with van der Waals surface area (Å²) < 4.78 is 25.3. The lowest BCUT2D eigenvalue weighted by atomic mass is 10.3. The number of nitrogens with zero attached hydrogens (tertiary/aromatic N) is 4. The average Bonchev–Trinajstić information content (AvgIpc) is 2.86. The van der Waals surface area contributed by atoms with Crippen molar-refractivity contribution in [1.82, 2.24) is 24.5 Å². The van der Waals surface area contributed by atoms with E-state index in [1.165, 1.54) is 0 Å². The zero-order valence-corrected chi connectivity index (χ0v) is 12.2. The van der Waals surface area contributed by atoms with E-state index in [1.54, 1.807) is 35.7 Å². The number of hydrogen-bond acceptors (Lipinski definition) is 6. The number of hydrogen-bond donors (Lipinski definition) is 1. The highest BCUT2D eigenvalue weighted by Crippen LogP contribution is 2.13. The number of carbonyl (C=O) groups excluding carboxylic acids is 1. The van der Waals surface area contributed by atoms with Gasteiger partial charge in [0, 0.05) is 37.1 Å². The lowest BCUT2D eigenvalue weighted by Gasteiger charge is -2.03. The molecule has 0 aliphatic rings. The summed E-state index contributed by atoms with van der Waals surface area (Å²) >= 11 is 0. The minimum absolute atomic E-state index is 0.118. The van der Waals surface area contributed by atoms with Gasteiger partial charge in [0.25, 0.3) is 0 Å². The van der Waals surface area contributed by atoms with Gasteiger partial charge in [-0.2, -0.15) is 5.10 Å². The number of amides is 1. The van der Waals surface area contributed by atoms with Crippen LogP contribution in [0.2, 0.25) is 0 Å². The minimum atomic E-state index is -3.49. The standard InChI is InChI=1S/C12H15N5O3S/c1-21(19,20)16-12(18)3-2-6-17-9-10(7-15-17)11-8-13-4-5-14-11/h4-5,7-9H,2-3,6H2,1H3,(H,16,18).